The van der Waals surface area contributed by atoms with Crippen LogP contribution in [0.2, 0.25) is 0 Å². The third-order valence-electron chi connectivity index (χ3n) is 3.75. The van der Waals surface area contributed by atoms with Crippen LogP contribution in [0.3, 0.4) is 0 Å². The van der Waals surface area contributed by atoms with E-state index < -0.39 is 0 Å². The van der Waals surface area contributed by atoms with Crippen molar-refractivity contribution in [3.05, 3.63) is 35.7 Å². The number of rotatable bonds is 1. The third kappa shape index (κ3) is 1.75. The minimum absolute atomic E-state index is 0.0694. The van der Waals surface area contributed by atoms with E-state index in [0.717, 1.165) is 29.0 Å². The first-order valence-corrected chi connectivity index (χ1v) is 6.31. The largest absolute Gasteiger partial charge is 0.497 e. The van der Waals surface area contributed by atoms with Gasteiger partial charge < -0.3 is 10.5 Å². The maximum Gasteiger partial charge on any atom is 0.131 e. The molecule has 4 nitrogen and oxygen atoms in total. The van der Waals surface area contributed by atoms with Gasteiger partial charge in [0.15, 0.2) is 0 Å². The van der Waals surface area contributed by atoms with Gasteiger partial charge >= 0.3 is 0 Å². The number of benzene rings is 1. The molecule has 0 unspecified atom stereocenters. The Morgan fingerprint density at radius 1 is 1.26 bits per heavy atom. The van der Waals surface area contributed by atoms with Gasteiger partial charge in [-0.1, -0.05) is 13.8 Å². The third-order valence-corrected chi connectivity index (χ3v) is 3.75. The molecule has 1 aliphatic carbocycles. The number of fused-ring (bicyclic) bond motifs is 3. The number of aromatic nitrogens is 2. The van der Waals surface area contributed by atoms with Crippen molar-refractivity contribution in [3.63, 3.8) is 0 Å². The second-order valence-corrected chi connectivity index (χ2v) is 5.57. The number of nitrogens with two attached hydrogens (primary N) is 1. The summed E-state index contributed by atoms with van der Waals surface area (Å²) in [5.41, 5.74) is 10.4. The Morgan fingerprint density at radius 3 is 2.79 bits per heavy atom. The van der Waals surface area contributed by atoms with Gasteiger partial charge in [0.05, 0.1) is 12.8 Å². The van der Waals surface area contributed by atoms with Crippen molar-refractivity contribution in [2.75, 3.05) is 12.8 Å². The molecule has 0 fully saturated rings. The zero-order valence-electron chi connectivity index (χ0n) is 11.4. The van der Waals surface area contributed by atoms with Crippen LogP contribution in [0.25, 0.3) is 11.3 Å². The summed E-state index contributed by atoms with van der Waals surface area (Å²) in [5.74, 6) is 1.46. The van der Waals surface area contributed by atoms with E-state index >= 15 is 0 Å². The molecule has 0 atom stereocenters. The average Bonchev–Trinajstić information content (AvgIpc) is 2.37. The lowest BCUT2D eigenvalue weighted by atomic mass is 9.72. The van der Waals surface area contributed by atoms with Crippen LogP contribution in [0, 0.1) is 0 Å². The van der Waals surface area contributed by atoms with E-state index in [9.17, 15) is 0 Å². The Hall–Kier alpha value is -2.10. The Kier molecular flexibility index (Phi) is 2.49. The van der Waals surface area contributed by atoms with E-state index in [0.29, 0.717) is 5.82 Å². The maximum absolute atomic E-state index is 6.05. The Bertz CT molecular complexity index is 650. The predicted octanol–water partition coefficient (Wildman–Crippen LogP) is 2.57. The van der Waals surface area contributed by atoms with Gasteiger partial charge in [-0.05, 0) is 35.6 Å². The number of anilines is 1. The minimum Gasteiger partial charge on any atom is -0.497 e. The van der Waals surface area contributed by atoms with Gasteiger partial charge in [-0.15, -0.1) is 0 Å². The summed E-state index contributed by atoms with van der Waals surface area (Å²) in [4.78, 5) is 8.58. The zero-order valence-corrected chi connectivity index (χ0v) is 11.4. The van der Waals surface area contributed by atoms with Crippen LogP contribution in [-0.4, -0.2) is 17.1 Å². The summed E-state index contributed by atoms with van der Waals surface area (Å²) >= 11 is 0. The van der Waals surface area contributed by atoms with Crippen molar-refractivity contribution < 1.29 is 4.74 Å². The van der Waals surface area contributed by atoms with Crippen molar-refractivity contribution in [2.45, 2.75) is 25.7 Å². The molecular formula is C15H17N3O. The highest BCUT2D eigenvalue weighted by Gasteiger charge is 2.34. The Labute approximate surface area is 112 Å². The van der Waals surface area contributed by atoms with Crippen LogP contribution in [0.4, 0.5) is 5.82 Å². The lowest BCUT2D eigenvalue weighted by Crippen LogP contribution is -2.28. The van der Waals surface area contributed by atoms with Gasteiger partial charge in [-0.3, -0.25) is 0 Å². The molecule has 98 valence electrons. The number of ether oxygens (including phenoxy) is 1. The van der Waals surface area contributed by atoms with Crippen LogP contribution >= 0.6 is 0 Å². The molecule has 0 bridgehead atoms. The average molecular weight is 255 g/mol. The number of methoxy groups -OCH3 is 1. The van der Waals surface area contributed by atoms with E-state index in [1.54, 1.807) is 7.11 Å². The fraction of sp³-hybridized carbons (Fsp3) is 0.333. The molecule has 0 radical (unpaired) electrons. The quantitative estimate of drug-likeness (QED) is 0.850. The van der Waals surface area contributed by atoms with Gasteiger partial charge in [0.2, 0.25) is 0 Å². The van der Waals surface area contributed by atoms with Gasteiger partial charge in [0.25, 0.3) is 0 Å². The number of hydrogen-bond donors (Lipinski definition) is 1. The molecule has 19 heavy (non-hydrogen) atoms. The predicted molar refractivity (Wildman–Crippen MR) is 75.2 cm³/mol. The molecule has 3 rings (SSSR count). The molecule has 0 saturated carbocycles. The minimum atomic E-state index is -0.0694. The van der Waals surface area contributed by atoms with Crippen LogP contribution in [0.1, 0.15) is 25.0 Å². The number of nitrogen functional groups attached to an aromatic ring is 1. The molecule has 2 aromatic rings. The standard InChI is InChI=1S/C15H17N3O/c1-15(2)7-9-6-10(19-3)4-5-11(9)13-12(15)14(16)18-8-17-13/h4-6,8H,7H2,1-3H3,(H2,16,17,18). The molecule has 0 saturated heterocycles. The van der Waals surface area contributed by atoms with E-state index in [2.05, 4.69) is 35.9 Å². The lowest BCUT2D eigenvalue weighted by molar-refractivity contribution is 0.413. The second-order valence-electron chi connectivity index (χ2n) is 5.57. The first-order chi connectivity index (χ1) is 9.03. The molecule has 0 spiro atoms. The molecular weight excluding hydrogens is 238 g/mol. The normalized spacial score (nSPS) is 15.5. The first-order valence-electron chi connectivity index (χ1n) is 6.31. The van der Waals surface area contributed by atoms with Crippen molar-refractivity contribution in [1.29, 1.82) is 0 Å². The van der Waals surface area contributed by atoms with Crippen molar-refractivity contribution in [3.8, 4) is 17.0 Å². The summed E-state index contributed by atoms with van der Waals surface area (Å²) in [6, 6.07) is 6.09. The SMILES string of the molecule is COc1ccc2c(c1)CC(C)(C)c1c(N)ncnc1-2. The monoisotopic (exact) mass is 255 g/mol. The summed E-state index contributed by atoms with van der Waals surface area (Å²) in [6.45, 7) is 4.35. The van der Waals surface area contributed by atoms with Gasteiger partial charge in [0, 0.05) is 11.1 Å². The summed E-state index contributed by atoms with van der Waals surface area (Å²) in [6.07, 6.45) is 2.44. The fourth-order valence-electron chi connectivity index (χ4n) is 2.91. The number of hydrogen-bond acceptors (Lipinski definition) is 4. The van der Waals surface area contributed by atoms with Crippen LogP contribution in [0.15, 0.2) is 24.5 Å². The van der Waals surface area contributed by atoms with Crippen molar-refractivity contribution in [1.82, 2.24) is 9.97 Å². The zero-order chi connectivity index (χ0) is 13.6. The van der Waals surface area contributed by atoms with Crippen molar-refractivity contribution in [2.24, 2.45) is 0 Å². The maximum atomic E-state index is 6.05. The van der Waals surface area contributed by atoms with E-state index in [1.165, 1.54) is 11.9 Å². The van der Waals surface area contributed by atoms with Crippen LogP contribution in [-0.2, 0) is 11.8 Å². The fourth-order valence-corrected chi connectivity index (χ4v) is 2.91. The molecule has 2 N–H and O–H groups in total. The highest BCUT2D eigenvalue weighted by molar-refractivity contribution is 5.75. The molecule has 1 aromatic heterocycles. The summed E-state index contributed by atoms with van der Waals surface area (Å²) < 4.78 is 5.30. The van der Waals surface area contributed by atoms with Gasteiger partial charge in [0.1, 0.15) is 17.9 Å². The summed E-state index contributed by atoms with van der Waals surface area (Å²) in [7, 11) is 1.68. The first kappa shape index (κ1) is 12.0. The Morgan fingerprint density at radius 2 is 2.05 bits per heavy atom. The van der Waals surface area contributed by atoms with Crippen molar-refractivity contribution >= 4 is 5.82 Å². The summed E-state index contributed by atoms with van der Waals surface area (Å²) in [5, 5.41) is 0. The van der Waals surface area contributed by atoms with Crippen LogP contribution < -0.4 is 10.5 Å². The molecule has 0 amide bonds. The highest BCUT2D eigenvalue weighted by atomic mass is 16.5. The number of nitrogens with zero attached hydrogens (tertiary/aromatic N) is 2. The van der Waals surface area contributed by atoms with E-state index in [-0.39, 0.29) is 5.41 Å². The molecule has 1 aromatic carbocycles. The van der Waals surface area contributed by atoms with Gasteiger partial charge in [-0.25, -0.2) is 9.97 Å². The highest BCUT2D eigenvalue weighted by Crippen LogP contribution is 2.44. The Balaban J connectivity index is 2.29. The topological polar surface area (TPSA) is 61.0 Å². The van der Waals surface area contributed by atoms with Crippen LogP contribution in [0.5, 0.6) is 5.75 Å². The van der Waals surface area contributed by atoms with E-state index in [4.69, 9.17) is 10.5 Å². The second kappa shape index (κ2) is 3.95. The molecule has 1 aliphatic rings. The smallest absolute Gasteiger partial charge is 0.131 e. The molecule has 0 aliphatic heterocycles. The lowest BCUT2D eigenvalue weighted by Gasteiger charge is -2.33. The molecule has 4 heteroatoms. The van der Waals surface area contributed by atoms with E-state index in [1.807, 2.05) is 6.07 Å². The molecule has 1 heterocycles. The van der Waals surface area contributed by atoms with Gasteiger partial charge in [-0.2, -0.15) is 0 Å².